The summed E-state index contributed by atoms with van der Waals surface area (Å²) < 4.78 is 1.66. The molecule has 7 heteroatoms. The molecule has 0 saturated carbocycles. The summed E-state index contributed by atoms with van der Waals surface area (Å²) in [5.41, 5.74) is 1.58. The van der Waals surface area contributed by atoms with Crippen LogP contribution in [0.2, 0.25) is 0 Å². The minimum atomic E-state index is 0.0415. The first-order valence-corrected chi connectivity index (χ1v) is 8.88. The van der Waals surface area contributed by atoms with Crippen molar-refractivity contribution in [2.45, 2.75) is 13.3 Å². The van der Waals surface area contributed by atoms with Gasteiger partial charge in [-0.05, 0) is 13.3 Å². The van der Waals surface area contributed by atoms with Gasteiger partial charge in [-0.3, -0.25) is 9.48 Å². The predicted octanol–water partition coefficient (Wildman–Crippen LogP) is 2.02. The lowest BCUT2D eigenvalue weighted by atomic mass is 10.1. The van der Waals surface area contributed by atoms with E-state index in [1.807, 2.05) is 31.0 Å². The minimum Gasteiger partial charge on any atom is -0.353 e. The quantitative estimate of drug-likeness (QED) is 0.707. The molecule has 0 bridgehead atoms. The van der Waals surface area contributed by atoms with E-state index in [1.165, 1.54) is 0 Å². The summed E-state index contributed by atoms with van der Waals surface area (Å²) in [4.78, 5) is 16.8. The van der Waals surface area contributed by atoms with Crippen LogP contribution in [0.15, 0.2) is 36.7 Å². The number of amides is 1. The summed E-state index contributed by atoms with van der Waals surface area (Å²) >= 11 is 0. The molecular weight excluding hydrogens is 328 g/mol. The predicted molar refractivity (Wildman–Crippen MR) is 100 cm³/mol. The molecule has 0 spiro atoms. The Balaban J connectivity index is 1.56. The molecular formula is C19H22N6O. The number of aromatic nitrogens is 4. The first-order chi connectivity index (χ1) is 12.6. The van der Waals surface area contributed by atoms with Crippen molar-refractivity contribution in [2.24, 2.45) is 7.05 Å². The van der Waals surface area contributed by atoms with Crippen LogP contribution >= 0.6 is 0 Å². The van der Waals surface area contributed by atoms with Gasteiger partial charge in [-0.15, -0.1) is 5.10 Å². The van der Waals surface area contributed by atoms with Crippen LogP contribution in [0.1, 0.15) is 22.5 Å². The first kappa shape index (κ1) is 16.5. The zero-order valence-electron chi connectivity index (χ0n) is 15.1. The average molecular weight is 350 g/mol. The van der Waals surface area contributed by atoms with E-state index in [2.05, 4.69) is 32.3 Å². The Morgan fingerprint density at radius 2 is 1.85 bits per heavy atom. The smallest absolute Gasteiger partial charge is 0.257 e. The van der Waals surface area contributed by atoms with Gasteiger partial charge in [-0.1, -0.05) is 24.3 Å². The molecule has 7 nitrogen and oxygen atoms in total. The molecule has 4 rings (SSSR count). The maximum absolute atomic E-state index is 12.7. The van der Waals surface area contributed by atoms with Gasteiger partial charge in [0.2, 0.25) is 0 Å². The van der Waals surface area contributed by atoms with Gasteiger partial charge in [0.25, 0.3) is 5.91 Å². The number of nitrogens with zero attached hydrogens (tertiary/aromatic N) is 6. The van der Waals surface area contributed by atoms with Gasteiger partial charge in [0, 0.05) is 50.2 Å². The fraction of sp³-hybridized carbons (Fsp3) is 0.368. The highest BCUT2D eigenvalue weighted by Crippen LogP contribution is 2.26. The SMILES string of the molecule is Cc1nnc(N2CCCN(C(=O)c3cnn(C)c3)CC2)c2ccccc12. The molecule has 1 amide bonds. The maximum Gasteiger partial charge on any atom is 0.257 e. The molecule has 1 aromatic carbocycles. The van der Waals surface area contributed by atoms with E-state index in [-0.39, 0.29) is 5.91 Å². The van der Waals surface area contributed by atoms with Crippen molar-refractivity contribution in [2.75, 3.05) is 31.1 Å². The molecule has 3 heterocycles. The Labute approximate surface area is 152 Å². The van der Waals surface area contributed by atoms with Crippen LogP contribution in [0.3, 0.4) is 0 Å². The summed E-state index contributed by atoms with van der Waals surface area (Å²) in [7, 11) is 1.82. The summed E-state index contributed by atoms with van der Waals surface area (Å²) in [6, 6.07) is 8.23. The van der Waals surface area contributed by atoms with E-state index in [0.717, 1.165) is 48.3 Å². The van der Waals surface area contributed by atoms with Crippen LogP contribution in [-0.4, -0.2) is 57.0 Å². The fourth-order valence-electron chi connectivity index (χ4n) is 3.50. The summed E-state index contributed by atoms with van der Waals surface area (Å²) in [5.74, 6) is 0.946. The number of rotatable bonds is 2. The fourth-order valence-corrected chi connectivity index (χ4v) is 3.50. The number of aryl methyl sites for hydroxylation is 2. The third kappa shape index (κ3) is 3.00. The topological polar surface area (TPSA) is 67.2 Å². The van der Waals surface area contributed by atoms with E-state index in [1.54, 1.807) is 17.1 Å². The molecule has 1 fully saturated rings. The summed E-state index contributed by atoms with van der Waals surface area (Å²) in [6.45, 7) is 4.99. The molecule has 0 atom stereocenters. The van der Waals surface area contributed by atoms with E-state index >= 15 is 0 Å². The van der Waals surface area contributed by atoms with Crippen molar-refractivity contribution in [3.63, 3.8) is 0 Å². The number of carbonyl (C=O) groups is 1. The molecule has 0 radical (unpaired) electrons. The number of hydrogen-bond acceptors (Lipinski definition) is 5. The molecule has 0 unspecified atom stereocenters. The van der Waals surface area contributed by atoms with Gasteiger partial charge < -0.3 is 9.80 Å². The van der Waals surface area contributed by atoms with Gasteiger partial charge in [0.15, 0.2) is 5.82 Å². The molecule has 0 N–H and O–H groups in total. The van der Waals surface area contributed by atoms with Crippen LogP contribution in [-0.2, 0) is 7.05 Å². The average Bonchev–Trinajstić information content (AvgIpc) is 2.95. The van der Waals surface area contributed by atoms with Crippen molar-refractivity contribution < 1.29 is 4.79 Å². The van der Waals surface area contributed by atoms with E-state index in [9.17, 15) is 4.79 Å². The molecule has 1 aliphatic rings. The molecule has 26 heavy (non-hydrogen) atoms. The first-order valence-electron chi connectivity index (χ1n) is 8.88. The number of carbonyl (C=O) groups excluding carboxylic acids is 1. The van der Waals surface area contributed by atoms with Gasteiger partial charge in [0.1, 0.15) is 0 Å². The standard InChI is InChI=1S/C19H22N6O/c1-14-16-6-3-4-7-17(16)18(22-21-14)24-8-5-9-25(11-10-24)19(26)15-12-20-23(2)13-15/h3-4,6-7,12-13H,5,8-11H2,1-2H3. The van der Waals surface area contributed by atoms with Gasteiger partial charge in [-0.25, -0.2) is 0 Å². The van der Waals surface area contributed by atoms with E-state index in [4.69, 9.17) is 0 Å². The molecule has 1 saturated heterocycles. The zero-order chi connectivity index (χ0) is 18.1. The normalized spacial score (nSPS) is 15.3. The molecule has 2 aromatic heterocycles. The van der Waals surface area contributed by atoms with Crippen molar-refractivity contribution in [1.82, 2.24) is 24.9 Å². The van der Waals surface area contributed by atoms with Gasteiger partial charge >= 0.3 is 0 Å². The highest BCUT2D eigenvalue weighted by molar-refractivity contribution is 5.94. The van der Waals surface area contributed by atoms with Crippen LogP contribution in [0, 0.1) is 6.92 Å². The monoisotopic (exact) mass is 350 g/mol. The van der Waals surface area contributed by atoms with Crippen LogP contribution in [0.25, 0.3) is 10.8 Å². The summed E-state index contributed by atoms with van der Waals surface area (Å²) in [6.07, 6.45) is 4.30. The zero-order valence-corrected chi connectivity index (χ0v) is 15.1. The molecule has 134 valence electrons. The number of hydrogen-bond donors (Lipinski definition) is 0. The Kier molecular flexibility index (Phi) is 4.28. The molecule has 3 aromatic rings. The van der Waals surface area contributed by atoms with E-state index < -0.39 is 0 Å². The van der Waals surface area contributed by atoms with Gasteiger partial charge in [0.05, 0.1) is 17.5 Å². The van der Waals surface area contributed by atoms with Crippen LogP contribution in [0.4, 0.5) is 5.82 Å². The van der Waals surface area contributed by atoms with Crippen molar-refractivity contribution >= 4 is 22.5 Å². The maximum atomic E-state index is 12.7. The highest BCUT2D eigenvalue weighted by Gasteiger charge is 2.23. The Bertz CT molecular complexity index is 950. The lowest BCUT2D eigenvalue weighted by molar-refractivity contribution is 0.0767. The molecule has 0 aliphatic carbocycles. The lowest BCUT2D eigenvalue weighted by Gasteiger charge is -2.23. The Hall–Kier alpha value is -2.96. The van der Waals surface area contributed by atoms with Crippen LogP contribution in [0.5, 0.6) is 0 Å². The largest absolute Gasteiger partial charge is 0.353 e. The lowest BCUT2D eigenvalue weighted by Crippen LogP contribution is -2.35. The van der Waals surface area contributed by atoms with Crippen molar-refractivity contribution in [3.05, 3.63) is 47.9 Å². The third-order valence-corrected chi connectivity index (χ3v) is 4.89. The third-order valence-electron chi connectivity index (χ3n) is 4.89. The van der Waals surface area contributed by atoms with Crippen molar-refractivity contribution in [3.8, 4) is 0 Å². The second-order valence-corrected chi connectivity index (χ2v) is 6.69. The van der Waals surface area contributed by atoms with Crippen LogP contribution < -0.4 is 4.90 Å². The van der Waals surface area contributed by atoms with E-state index in [0.29, 0.717) is 12.1 Å². The Morgan fingerprint density at radius 1 is 1.04 bits per heavy atom. The number of anilines is 1. The number of benzene rings is 1. The number of fused-ring (bicyclic) bond motifs is 1. The highest BCUT2D eigenvalue weighted by atomic mass is 16.2. The second-order valence-electron chi connectivity index (χ2n) is 6.69. The Morgan fingerprint density at radius 3 is 2.62 bits per heavy atom. The summed E-state index contributed by atoms with van der Waals surface area (Å²) in [5, 5.41) is 15.1. The van der Waals surface area contributed by atoms with Gasteiger partial charge in [-0.2, -0.15) is 10.2 Å². The molecule has 1 aliphatic heterocycles. The van der Waals surface area contributed by atoms with Crippen molar-refractivity contribution in [1.29, 1.82) is 0 Å². The minimum absolute atomic E-state index is 0.0415. The second kappa shape index (κ2) is 6.74.